The van der Waals surface area contributed by atoms with Crippen LogP contribution in [-0.4, -0.2) is 65.3 Å². The van der Waals surface area contributed by atoms with E-state index in [-0.39, 0.29) is 12.5 Å². The van der Waals surface area contributed by atoms with Crippen molar-refractivity contribution in [1.29, 1.82) is 0 Å². The van der Waals surface area contributed by atoms with Crippen LogP contribution in [0.1, 0.15) is 39.0 Å². The Bertz CT molecular complexity index is 737. The summed E-state index contributed by atoms with van der Waals surface area (Å²) in [5.41, 5.74) is 0.574. The van der Waals surface area contributed by atoms with Crippen molar-refractivity contribution in [2.24, 2.45) is 5.92 Å². The molecule has 0 bridgehead atoms. The highest BCUT2D eigenvalue weighted by Crippen LogP contribution is 2.22. The van der Waals surface area contributed by atoms with Gasteiger partial charge in [0.2, 0.25) is 15.9 Å². The van der Waals surface area contributed by atoms with Crippen molar-refractivity contribution in [3.05, 3.63) is 24.3 Å². The van der Waals surface area contributed by atoms with Crippen molar-refractivity contribution < 1.29 is 17.9 Å². The van der Waals surface area contributed by atoms with Crippen molar-refractivity contribution in [2.45, 2.75) is 39.0 Å². The van der Waals surface area contributed by atoms with E-state index in [2.05, 4.69) is 17.1 Å². The summed E-state index contributed by atoms with van der Waals surface area (Å²) in [5, 5.41) is 2.95. The predicted octanol–water partition coefficient (Wildman–Crippen LogP) is 2.48. The van der Waals surface area contributed by atoms with Crippen LogP contribution in [0, 0.1) is 5.92 Å². The number of benzene rings is 1. The molecule has 164 valence electrons. The van der Waals surface area contributed by atoms with Gasteiger partial charge in [-0.15, -0.1) is 0 Å². The molecule has 1 aliphatic heterocycles. The predicted molar refractivity (Wildman–Crippen MR) is 117 cm³/mol. The summed E-state index contributed by atoms with van der Waals surface area (Å²) in [6.07, 6.45) is 5.48. The second-order valence-electron chi connectivity index (χ2n) is 7.89. The Labute approximate surface area is 175 Å². The van der Waals surface area contributed by atoms with Crippen molar-refractivity contribution in [2.75, 3.05) is 50.4 Å². The van der Waals surface area contributed by atoms with Crippen LogP contribution in [0.3, 0.4) is 0 Å². The average Bonchev–Trinajstić information content (AvgIpc) is 2.68. The van der Waals surface area contributed by atoms with Gasteiger partial charge in [0.15, 0.2) is 0 Å². The maximum Gasteiger partial charge on any atom is 0.232 e. The molecule has 8 heteroatoms. The fraction of sp³-hybridized carbons (Fsp3) is 0.667. The lowest BCUT2D eigenvalue weighted by Crippen LogP contribution is -2.36. The first-order chi connectivity index (χ1) is 13.8. The maximum atomic E-state index is 12.1. The van der Waals surface area contributed by atoms with E-state index in [1.807, 2.05) is 0 Å². The van der Waals surface area contributed by atoms with Crippen LogP contribution in [0.25, 0.3) is 0 Å². The Balaban J connectivity index is 1.70. The quantitative estimate of drug-likeness (QED) is 0.551. The number of ether oxygens (including phenoxy) is 1. The molecule has 0 radical (unpaired) electrons. The van der Waals surface area contributed by atoms with Crippen molar-refractivity contribution in [3.63, 3.8) is 0 Å². The number of hydrogen-bond donors (Lipinski definition) is 1. The topological polar surface area (TPSA) is 79.0 Å². The number of methoxy groups -OCH3 is 1. The molecule has 0 aromatic heterocycles. The molecule has 1 fully saturated rings. The Morgan fingerprint density at radius 3 is 2.62 bits per heavy atom. The first-order valence-electron chi connectivity index (χ1n) is 10.4. The van der Waals surface area contributed by atoms with Gasteiger partial charge in [0.25, 0.3) is 0 Å². The van der Waals surface area contributed by atoms with Gasteiger partial charge in [0.1, 0.15) is 5.75 Å². The molecule has 1 N–H and O–H groups in total. The first-order valence-corrected chi connectivity index (χ1v) is 12.2. The van der Waals surface area contributed by atoms with E-state index in [9.17, 15) is 13.2 Å². The number of nitrogens with zero attached hydrogens (tertiary/aromatic N) is 2. The van der Waals surface area contributed by atoms with Crippen LogP contribution < -0.4 is 14.4 Å². The molecule has 1 saturated heterocycles. The van der Waals surface area contributed by atoms with E-state index in [0.717, 1.165) is 32.0 Å². The van der Waals surface area contributed by atoms with Crippen LogP contribution in [0.15, 0.2) is 24.3 Å². The minimum absolute atomic E-state index is 0.0276. The van der Waals surface area contributed by atoms with E-state index in [0.29, 0.717) is 30.8 Å². The van der Waals surface area contributed by atoms with Crippen LogP contribution >= 0.6 is 0 Å². The molecule has 0 aliphatic carbocycles. The van der Waals surface area contributed by atoms with E-state index >= 15 is 0 Å². The SMILES string of the molecule is COc1ccc(N(CCCC(=O)NCCCN2CCC[C@@H](C)C2)S(C)(=O)=O)cc1. The molecule has 2 rings (SSSR count). The van der Waals surface area contributed by atoms with Gasteiger partial charge in [-0.2, -0.15) is 0 Å². The van der Waals surface area contributed by atoms with Gasteiger partial charge in [0.05, 0.1) is 19.1 Å². The molecule has 1 aromatic carbocycles. The summed E-state index contributed by atoms with van der Waals surface area (Å²) in [5.74, 6) is 1.41. The van der Waals surface area contributed by atoms with Crippen LogP contribution in [0.2, 0.25) is 0 Å². The molecule has 1 aromatic rings. The Morgan fingerprint density at radius 2 is 2.00 bits per heavy atom. The van der Waals surface area contributed by atoms with E-state index in [1.54, 1.807) is 31.4 Å². The van der Waals surface area contributed by atoms with Crippen LogP contribution in [0.5, 0.6) is 5.75 Å². The van der Waals surface area contributed by atoms with Gasteiger partial charge in [-0.3, -0.25) is 9.10 Å². The molecule has 29 heavy (non-hydrogen) atoms. The first kappa shape index (κ1) is 23.5. The summed E-state index contributed by atoms with van der Waals surface area (Å²) >= 11 is 0. The Morgan fingerprint density at radius 1 is 1.28 bits per heavy atom. The minimum Gasteiger partial charge on any atom is -0.497 e. The second kappa shape index (κ2) is 11.4. The molecule has 0 saturated carbocycles. The third-order valence-corrected chi connectivity index (χ3v) is 6.43. The number of sulfonamides is 1. The summed E-state index contributed by atoms with van der Waals surface area (Å²) in [6, 6.07) is 6.87. The molecule has 0 spiro atoms. The van der Waals surface area contributed by atoms with Crippen molar-refractivity contribution >= 4 is 21.6 Å². The number of carbonyl (C=O) groups excluding carboxylic acids is 1. The zero-order valence-corrected chi connectivity index (χ0v) is 18.7. The highest BCUT2D eigenvalue weighted by atomic mass is 32.2. The molecule has 1 aliphatic rings. The van der Waals surface area contributed by atoms with Gasteiger partial charge >= 0.3 is 0 Å². The molecule has 1 atom stereocenters. The van der Waals surface area contributed by atoms with Crippen LogP contribution in [0.4, 0.5) is 5.69 Å². The Kier molecular flexibility index (Phi) is 9.23. The van der Waals surface area contributed by atoms with Crippen molar-refractivity contribution in [1.82, 2.24) is 10.2 Å². The number of piperidine rings is 1. The lowest BCUT2D eigenvalue weighted by atomic mass is 10.0. The summed E-state index contributed by atoms with van der Waals surface area (Å²) < 4.78 is 30.7. The summed E-state index contributed by atoms with van der Waals surface area (Å²) in [7, 11) is -1.85. The molecule has 0 unspecified atom stereocenters. The standard InChI is InChI=1S/C21H35N3O4S/c1-18-7-4-14-23(17-18)15-6-13-22-21(25)8-5-16-24(29(3,26)27)19-9-11-20(28-2)12-10-19/h9-12,18H,4-8,13-17H2,1-3H3,(H,22,25)/t18-/m1/s1. The van der Waals surface area contributed by atoms with E-state index in [4.69, 9.17) is 4.74 Å². The van der Waals surface area contributed by atoms with E-state index < -0.39 is 10.0 Å². The normalized spacial score (nSPS) is 17.7. The van der Waals surface area contributed by atoms with Gasteiger partial charge in [-0.1, -0.05) is 6.92 Å². The maximum absolute atomic E-state index is 12.1. The smallest absolute Gasteiger partial charge is 0.232 e. The number of rotatable bonds is 11. The highest BCUT2D eigenvalue weighted by Gasteiger charge is 2.18. The van der Waals surface area contributed by atoms with Gasteiger partial charge in [-0.05, 0) is 69.0 Å². The average molecular weight is 426 g/mol. The fourth-order valence-electron chi connectivity index (χ4n) is 3.73. The number of anilines is 1. The number of likely N-dealkylation sites (tertiary alicyclic amines) is 1. The zero-order valence-electron chi connectivity index (χ0n) is 17.9. The number of carbonyl (C=O) groups is 1. The lowest BCUT2D eigenvalue weighted by Gasteiger charge is -2.30. The zero-order chi connectivity index (χ0) is 21.3. The summed E-state index contributed by atoms with van der Waals surface area (Å²) in [6.45, 7) is 6.55. The minimum atomic E-state index is -3.42. The monoisotopic (exact) mass is 425 g/mol. The van der Waals surface area contributed by atoms with Gasteiger partial charge in [0, 0.05) is 26.1 Å². The highest BCUT2D eigenvalue weighted by molar-refractivity contribution is 7.92. The summed E-state index contributed by atoms with van der Waals surface area (Å²) in [4.78, 5) is 14.6. The molecule has 7 nitrogen and oxygen atoms in total. The molecule has 1 heterocycles. The third-order valence-electron chi connectivity index (χ3n) is 5.24. The van der Waals surface area contributed by atoms with Gasteiger partial charge in [-0.25, -0.2) is 8.42 Å². The Hall–Kier alpha value is -1.80. The van der Waals surface area contributed by atoms with Crippen LogP contribution in [-0.2, 0) is 14.8 Å². The number of amides is 1. The lowest BCUT2D eigenvalue weighted by molar-refractivity contribution is -0.121. The molecular formula is C21H35N3O4S. The second-order valence-corrected chi connectivity index (χ2v) is 9.80. The number of nitrogens with one attached hydrogen (secondary N) is 1. The van der Waals surface area contributed by atoms with E-state index in [1.165, 1.54) is 23.4 Å². The fourth-order valence-corrected chi connectivity index (χ4v) is 4.69. The number of hydrogen-bond acceptors (Lipinski definition) is 5. The molecular weight excluding hydrogens is 390 g/mol. The van der Waals surface area contributed by atoms with Gasteiger partial charge < -0.3 is 15.0 Å². The van der Waals surface area contributed by atoms with Crippen molar-refractivity contribution in [3.8, 4) is 5.75 Å². The molecule has 1 amide bonds. The largest absolute Gasteiger partial charge is 0.497 e. The third kappa shape index (κ3) is 8.22.